The van der Waals surface area contributed by atoms with Gasteiger partial charge >= 0.3 is 15.5 Å². The zero-order chi connectivity index (χ0) is 24.5. The summed E-state index contributed by atoms with van der Waals surface area (Å²) in [6.07, 6.45) is 2.10. The van der Waals surface area contributed by atoms with Gasteiger partial charge in [0.25, 0.3) is 0 Å². The number of aliphatic hydroxyl groups excluding tert-OH is 1. The summed E-state index contributed by atoms with van der Waals surface area (Å²) in [4.78, 5) is 4.26. The highest BCUT2D eigenvalue weighted by Gasteiger charge is 2.46. The van der Waals surface area contributed by atoms with Crippen molar-refractivity contribution in [3.8, 4) is 16.9 Å². The molecule has 1 aliphatic heterocycles. The van der Waals surface area contributed by atoms with Crippen LogP contribution >= 0.6 is 0 Å². The minimum atomic E-state index is -5.71. The van der Waals surface area contributed by atoms with Crippen molar-refractivity contribution in [1.82, 2.24) is 4.98 Å². The first-order chi connectivity index (χ1) is 16.0. The zero-order valence-electron chi connectivity index (χ0n) is 17.6. The molecule has 0 aliphatic carbocycles. The van der Waals surface area contributed by atoms with Crippen LogP contribution in [0, 0.1) is 11.7 Å². The number of hydrogen-bond acceptors (Lipinski definition) is 5. The summed E-state index contributed by atoms with van der Waals surface area (Å²) in [5.74, 6) is -0.685. The number of hydrogen-bond donors (Lipinski definition) is 2. The number of benzene rings is 2. The minimum absolute atomic E-state index is 0.106. The second kappa shape index (κ2) is 9.22. The van der Waals surface area contributed by atoms with Gasteiger partial charge in [-0.2, -0.15) is 21.6 Å². The van der Waals surface area contributed by atoms with Gasteiger partial charge in [0.2, 0.25) is 0 Å². The van der Waals surface area contributed by atoms with Gasteiger partial charge in [-0.15, -0.1) is 0 Å². The third kappa shape index (κ3) is 5.00. The number of pyridine rings is 1. The quantitative estimate of drug-likeness (QED) is 0.478. The highest BCUT2D eigenvalue weighted by atomic mass is 32.2. The highest BCUT2D eigenvalue weighted by molar-refractivity contribution is 7.93. The fourth-order valence-electron chi connectivity index (χ4n) is 3.78. The zero-order valence-corrected chi connectivity index (χ0v) is 18.4. The number of nitrogens with zero attached hydrogens (tertiary/aromatic N) is 1. The number of halogens is 4. The molecule has 2 N–H and O–H groups in total. The van der Waals surface area contributed by atoms with Gasteiger partial charge in [0, 0.05) is 28.9 Å². The second-order valence-electron chi connectivity index (χ2n) is 7.87. The third-order valence-corrected chi connectivity index (χ3v) is 6.67. The lowest BCUT2D eigenvalue weighted by atomic mass is 9.88. The molecular formula is C23H20F4N2O4S. The molecule has 1 aliphatic rings. The summed E-state index contributed by atoms with van der Waals surface area (Å²) in [6.45, 7) is 0.196. The molecule has 2 heterocycles. The van der Waals surface area contributed by atoms with Crippen LogP contribution in [0.2, 0.25) is 0 Å². The van der Waals surface area contributed by atoms with Crippen LogP contribution < -0.4 is 9.46 Å². The van der Waals surface area contributed by atoms with Gasteiger partial charge < -0.3 is 9.84 Å². The van der Waals surface area contributed by atoms with Crippen LogP contribution in [-0.2, 0) is 16.4 Å². The molecule has 0 radical (unpaired) electrons. The van der Waals surface area contributed by atoms with Crippen LogP contribution in [0.1, 0.15) is 23.8 Å². The monoisotopic (exact) mass is 496 g/mol. The lowest BCUT2D eigenvalue weighted by Crippen LogP contribution is -2.30. The lowest BCUT2D eigenvalue weighted by molar-refractivity contribution is -0.0429. The maximum Gasteiger partial charge on any atom is 0.516 e. The first-order valence-electron chi connectivity index (χ1n) is 10.3. The van der Waals surface area contributed by atoms with Gasteiger partial charge in [-0.25, -0.2) is 4.39 Å². The SMILES string of the molecule is O=S(=O)(Nc1ccc(F)cc1-c1ccc2c(c1)OCC(CCc1ccccn1)C2O)C(F)(F)F. The number of ether oxygens (including phenoxy) is 1. The van der Waals surface area contributed by atoms with E-state index in [1.165, 1.54) is 22.9 Å². The number of rotatable bonds is 6. The largest absolute Gasteiger partial charge is 0.516 e. The fourth-order valence-corrected chi connectivity index (χ4v) is 4.36. The Labute approximate surface area is 193 Å². The van der Waals surface area contributed by atoms with Gasteiger partial charge in [0.05, 0.1) is 18.4 Å². The van der Waals surface area contributed by atoms with Crippen molar-refractivity contribution >= 4 is 15.7 Å². The van der Waals surface area contributed by atoms with E-state index in [0.29, 0.717) is 18.4 Å². The first kappa shape index (κ1) is 24.0. The van der Waals surface area contributed by atoms with Crippen molar-refractivity contribution in [1.29, 1.82) is 0 Å². The molecule has 0 fully saturated rings. The molecule has 1 aromatic heterocycles. The Kier molecular flexibility index (Phi) is 6.50. The smallest absolute Gasteiger partial charge is 0.493 e. The van der Waals surface area contributed by atoms with Crippen LogP contribution in [0.25, 0.3) is 11.1 Å². The van der Waals surface area contributed by atoms with Gasteiger partial charge in [0.15, 0.2) is 0 Å². The summed E-state index contributed by atoms with van der Waals surface area (Å²) in [6, 6.07) is 12.7. The summed E-state index contributed by atoms with van der Waals surface area (Å²) in [7, 11) is -5.71. The van der Waals surface area contributed by atoms with Gasteiger partial charge in [-0.1, -0.05) is 18.2 Å². The van der Waals surface area contributed by atoms with E-state index < -0.39 is 33.1 Å². The molecule has 0 saturated carbocycles. The molecular weight excluding hydrogens is 476 g/mol. The van der Waals surface area contributed by atoms with Crippen LogP contribution in [0.15, 0.2) is 60.8 Å². The number of fused-ring (bicyclic) bond motifs is 1. The normalized spacial score (nSPS) is 18.1. The number of sulfonamides is 1. The maximum atomic E-state index is 13.9. The molecule has 4 rings (SSSR count). The number of alkyl halides is 3. The Hall–Kier alpha value is -3.18. The molecule has 0 saturated heterocycles. The molecule has 11 heteroatoms. The molecule has 6 nitrogen and oxygen atoms in total. The summed E-state index contributed by atoms with van der Waals surface area (Å²) in [5, 5.41) is 10.8. The van der Waals surface area contributed by atoms with Crippen LogP contribution in [0.3, 0.4) is 0 Å². The third-order valence-electron chi connectivity index (χ3n) is 5.57. The number of aliphatic hydroxyl groups is 1. The molecule has 2 aromatic carbocycles. The van der Waals surface area contributed by atoms with Crippen molar-refractivity contribution in [3.05, 3.63) is 77.9 Å². The first-order valence-corrected chi connectivity index (χ1v) is 11.8. The van der Waals surface area contributed by atoms with E-state index in [4.69, 9.17) is 4.74 Å². The van der Waals surface area contributed by atoms with E-state index >= 15 is 0 Å². The number of aromatic nitrogens is 1. The molecule has 0 bridgehead atoms. The van der Waals surface area contributed by atoms with Crippen molar-refractivity contribution in [3.63, 3.8) is 0 Å². The average molecular weight is 496 g/mol. The van der Waals surface area contributed by atoms with Crippen LogP contribution in [-0.4, -0.2) is 30.6 Å². The predicted molar refractivity (Wildman–Crippen MR) is 117 cm³/mol. The minimum Gasteiger partial charge on any atom is -0.493 e. The van der Waals surface area contributed by atoms with Crippen molar-refractivity contribution in [2.45, 2.75) is 24.5 Å². The fraction of sp³-hybridized carbons (Fsp3) is 0.261. The molecule has 3 aromatic rings. The van der Waals surface area contributed by atoms with E-state index in [0.717, 1.165) is 23.9 Å². The number of nitrogens with one attached hydrogen (secondary N) is 1. The summed E-state index contributed by atoms with van der Waals surface area (Å²) >= 11 is 0. The van der Waals surface area contributed by atoms with Crippen molar-refractivity contribution < 1.29 is 35.8 Å². The maximum absolute atomic E-state index is 13.9. The second-order valence-corrected chi connectivity index (χ2v) is 9.54. The summed E-state index contributed by atoms with van der Waals surface area (Å²) in [5.41, 5.74) is -4.50. The van der Waals surface area contributed by atoms with Gasteiger partial charge in [-0.05, 0) is 54.8 Å². The summed E-state index contributed by atoms with van der Waals surface area (Å²) < 4.78 is 82.8. The van der Waals surface area contributed by atoms with E-state index in [1.54, 1.807) is 6.20 Å². The topological polar surface area (TPSA) is 88.5 Å². The van der Waals surface area contributed by atoms with Crippen LogP contribution in [0.5, 0.6) is 5.75 Å². The standard InChI is InChI=1S/C23H20F4N2O4S/c24-16-6-9-20(29-34(31,32)23(25,26)27)19(12-16)14-5-8-18-21(11-14)33-13-15(22(18)30)4-7-17-3-1-2-10-28-17/h1-3,5-6,8-12,15,22,29-30H,4,7,13H2. The molecule has 180 valence electrons. The Morgan fingerprint density at radius 1 is 1.12 bits per heavy atom. The predicted octanol–water partition coefficient (Wildman–Crippen LogP) is 4.82. The Morgan fingerprint density at radius 2 is 1.91 bits per heavy atom. The molecule has 0 spiro atoms. The number of aryl methyl sites for hydroxylation is 1. The highest BCUT2D eigenvalue weighted by Crippen LogP contribution is 2.41. The Morgan fingerprint density at radius 3 is 2.62 bits per heavy atom. The van der Waals surface area contributed by atoms with E-state index in [1.807, 2.05) is 18.2 Å². The van der Waals surface area contributed by atoms with E-state index in [-0.39, 0.29) is 29.4 Å². The van der Waals surface area contributed by atoms with Gasteiger partial charge in [0.1, 0.15) is 11.6 Å². The van der Waals surface area contributed by atoms with E-state index in [2.05, 4.69) is 4.98 Å². The number of anilines is 1. The molecule has 2 unspecified atom stereocenters. The molecule has 34 heavy (non-hydrogen) atoms. The van der Waals surface area contributed by atoms with Gasteiger partial charge in [-0.3, -0.25) is 9.71 Å². The van der Waals surface area contributed by atoms with Crippen LogP contribution in [0.4, 0.5) is 23.2 Å². The Balaban J connectivity index is 1.59. The molecule has 2 atom stereocenters. The average Bonchev–Trinajstić information content (AvgIpc) is 2.79. The van der Waals surface area contributed by atoms with Crippen molar-refractivity contribution in [2.24, 2.45) is 5.92 Å². The Bertz CT molecular complexity index is 1280. The lowest BCUT2D eigenvalue weighted by Gasteiger charge is -2.30. The van der Waals surface area contributed by atoms with Crippen molar-refractivity contribution in [2.75, 3.05) is 11.3 Å². The van der Waals surface area contributed by atoms with E-state index in [9.17, 15) is 31.1 Å². The molecule has 0 amide bonds.